The summed E-state index contributed by atoms with van der Waals surface area (Å²) in [6.07, 6.45) is 4.51. The molecule has 1 amide bonds. The van der Waals surface area contributed by atoms with Crippen LogP contribution in [0.5, 0.6) is 0 Å². The number of piperidine rings is 1. The van der Waals surface area contributed by atoms with Crippen LogP contribution in [0.25, 0.3) is 0 Å². The summed E-state index contributed by atoms with van der Waals surface area (Å²) in [6.45, 7) is 7.69. The fourth-order valence-corrected chi connectivity index (χ4v) is 2.74. The third-order valence-corrected chi connectivity index (χ3v) is 4.01. The summed E-state index contributed by atoms with van der Waals surface area (Å²) in [6, 6.07) is -0.0410. The molecular formula is C14H25N5O. The second kappa shape index (κ2) is 6.35. The highest BCUT2D eigenvalue weighted by atomic mass is 16.2. The maximum atomic E-state index is 12.2. The van der Waals surface area contributed by atoms with Crippen LogP contribution in [0, 0.1) is 0 Å². The summed E-state index contributed by atoms with van der Waals surface area (Å²) in [7, 11) is 0. The minimum Gasteiger partial charge on any atom is -0.341 e. The van der Waals surface area contributed by atoms with E-state index in [-0.39, 0.29) is 17.9 Å². The van der Waals surface area contributed by atoms with Crippen LogP contribution in [0.1, 0.15) is 57.8 Å². The van der Waals surface area contributed by atoms with Crippen molar-refractivity contribution in [3.8, 4) is 0 Å². The van der Waals surface area contributed by atoms with Gasteiger partial charge in [-0.25, -0.2) is 0 Å². The van der Waals surface area contributed by atoms with Crippen molar-refractivity contribution < 1.29 is 4.79 Å². The van der Waals surface area contributed by atoms with Crippen molar-refractivity contribution in [3.63, 3.8) is 0 Å². The zero-order valence-corrected chi connectivity index (χ0v) is 12.6. The molecule has 0 spiro atoms. The molecule has 0 bridgehead atoms. The molecule has 0 saturated carbocycles. The molecule has 20 heavy (non-hydrogen) atoms. The number of hydrogen-bond donors (Lipinski definition) is 1. The zero-order chi connectivity index (χ0) is 14.7. The summed E-state index contributed by atoms with van der Waals surface area (Å²) >= 11 is 0. The number of nitrogens with zero attached hydrogens (tertiary/aromatic N) is 4. The predicted octanol–water partition coefficient (Wildman–Crippen LogP) is 1.30. The van der Waals surface area contributed by atoms with E-state index in [0.717, 1.165) is 25.2 Å². The number of carbonyl (C=O) groups is 1. The molecule has 112 valence electrons. The number of carbonyl (C=O) groups excluding carboxylic acids is 1. The van der Waals surface area contributed by atoms with Crippen LogP contribution >= 0.6 is 0 Å². The van der Waals surface area contributed by atoms with Crippen LogP contribution in [0.3, 0.4) is 0 Å². The van der Waals surface area contributed by atoms with E-state index in [9.17, 15) is 4.79 Å². The lowest BCUT2D eigenvalue weighted by Crippen LogP contribution is -2.47. The van der Waals surface area contributed by atoms with Gasteiger partial charge in [-0.1, -0.05) is 6.92 Å². The van der Waals surface area contributed by atoms with Crippen molar-refractivity contribution in [2.75, 3.05) is 13.1 Å². The van der Waals surface area contributed by atoms with Gasteiger partial charge in [0.1, 0.15) is 12.2 Å². The average Bonchev–Trinajstić information content (AvgIpc) is 2.95. The largest absolute Gasteiger partial charge is 0.341 e. The predicted molar refractivity (Wildman–Crippen MR) is 77.2 cm³/mol. The van der Waals surface area contributed by atoms with Gasteiger partial charge in [0.25, 0.3) is 0 Å². The third-order valence-electron chi connectivity index (χ3n) is 4.01. The quantitative estimate of drug-likeness (QED) is 0.901. The smallest absolute Gasteiger partial charge is 0.239 e. The molecule has 0 aliphatic carbocycles. The topological polar surface area (TPSA) is 77.0 Å². The standard InChI is InChI=1S/C14H25N5O/c1-4-12(15)14(20)18-7-5-6-11(8-18)13-17-16-9-19(13)10(2)3/h9-12H,4-8,15H2,1-3H3/t11-,12+/m0/s1. The Hall–Kier alpha value is -1.43. The number of likely N-dealkylation sites (tertiary alicyclic amines) is 1. The van der Waals surface area contributed by atoms with Gasteiger partial charge in [-0.2, -0.15) is 0 Å². The minimum atomic E-state index is -0.378. The first-order chi connectivity index (χ1) is 9.54. The lowest BCUT2D eigenvalue weighted by Gasteiger charge is -2.34. The van der Waals surface area contributed by atoms with Crippen LogP contribution in [0.4, 0.5) is 0 Å². The molecule has 0 aromatic carbocycles. The van der Waals surface area contributed by atoms with Crippen LogP contribution in [0.15, 0.2) is 6.33 Å². The fraction of sp³-hybridized carbons (Fsp3) is 0.786. The highest BCUT2D eigenvalue weighted by Crippen LogP contribution is 2.27. The molecule has 1 aromatic heterocycles. The van der Waals surface area contributed by atoms with Crippen LogP contribution in [0.2, 0.25) is 0 Å². The maximum Gasteiger partial charge on any atom is 0.239 e. The molecule has 0 unspecified atom stereocenters. The normalized spacial score (nSPS) is 21.2. The van der Waals surface area contributed by atoms with E-state index < -0.39 is 0 Å². The average molecular weight is 279 g/mol. The number of nitrogens with two attached hydrogens (primary N) is 1. The molecule has 6 nitrogen and oxygen atoms in total. The molecule has 1 saturated heterocycles. The molecule has 1 aliphatic rings. The Morgan fingerprint density at radius 1 is 1.55 bits per heavy atom. The van der Waals surface area contributed by atoms with Gasteiger partial charge in [0.2, 0.25) is 5.91 Å². The number of amides is 1. The van der Waals surface area contributed by atoms with E-state index in [0.29, 0.717) is 19.0 Å². The van der Waals surface area contributed by atoms with Gasteiger partial charge in [0.15, 0.2) is 0 Å². The lowest BCUT2D eigenvalue weighted by molar-refractivity contribution is -0.133. The lowest BCUT2D eigenvalue weighted by atomic mass is 9.96. The molecule has 1 aromatic rings. The highest BCUT2D eigenvalue weighted by molar-refractivity contribution is 5.81. The summed E-state index contributed by atoms with van der Waals surface area (Å²) in [5.41, 5.74) is 5.87. The first kappa shape index (κ1) is 15.0. The Bertz CT molecular complexity index is 456. The summed E-state index contributed by atoms with van der Waals surface area (Å²) in [4.78, 5) is 14.1. The van der Waals surface area contributed by atoms with Crippen LogP contribution in [-0.2, 0) is 4.79 Å². The van der Waals surface area contributed by atoms with Crippen LogP contribution in [-0.4, -0.2) is 44.7 Å². The Morgan fingerprint density at radius 3 is 2.95 bits per heavy atom. The molecular weight excluding hydrogens is 254 g/mol. The van der Waals surface area contributed by atoms with Crippen molar-refractivity contribution in [1.82, 2.24) is 19.7 Å². The molecule has 2 N–H and O–H groups in total. The van der Waals surface area contributed by atoms with Gasteiger partial charge in [-0.15, -0.1) is 10.2 Å². The third kappa shape index (κ3) is 3.00. The van der Waals surface area contributed by atoms with Gasteiger partial charge in [0, 0.05) is 25.0 Å². The summed E-state index contributed by atoms with van der Waals surface area (Å²) in [5.74, 6) is 1.32. The number of rotatable bonds is 4. The zero-order valence-electron chi connectivity index (χ0n) is 12.6. The Kier molecular flexibility index (Phi) is 4.75. The van der Waals surface area contributed by atoms with E-state index in [1.807, 2.05) is 11.8 Å². The minimum absolute atomic E-state index is 0.0628. The van der Waals surface area contributed by atoms with Gasteiger partial charge in [-0.3, -0.25) is 4.79 Å². The first-order valence-corrected chi connectivity index (χ1v) is 7.48. The molecule has 2 atom stereocenters. The van der Waals surface area contributed by atoms with E-state index in [2.05, 4.69) is 28.6 Å². The van der Waals surface area contributed by atoms with E-state index >= 15 is 0 Å². The van der Waals surface area contributed by atoms with Crippen molar-refractivity contribution in [3.05, 3.63) is 12.2 Å². The molecule has 1 aliphatic heterocycles. The Labute approximate surface area is 120 Å². The summed E-state index contributed by atoms with van der Waals surface area (Å²) in [5, 5.41) is 8.29. The first-order valence-electron chi connectivity index (χ1n) is 7.48. The molecule has 6 heteroatoms. The second-order valence-corrected chi connectivity index (χ2v) is 5.83. The fourth-order valence-electron chi connectivity index (χ4n) is 2.74. The molecule has 0 radical (unpaired) electrons. The van der Waals surface area contributed by atoms with Gasteiger partial charge >= 0.3 is 0 Å². The van der Waals surface area contributed by atoms with Crippen molar-refractivity contribution in [1.29, 1.82) is 0 Å². The number of aromatic nitrogens is 3. The Balaban J connectivity index is 2.10. The van der Waals surface area contributed by atoms with E-state index in [4.69, 9.17) is 5.73 Å². The van der Waals surface area contributed by atoms with E-state index in [1.165, 1.54) is 0 Å². The van der Waals surface area contributed by atoms with Gasteiger partial charge in [0.05, 0.1) is 6.04 Å². The van der Waals surface area contributed by atoms with E-state index in [1.54, 1.807) is 6.33 Å². The van der Waals surface area contributed by atoms with Crippen LogP contribution < -0.4 is 5.73 Å². The Morgan fingerprint density at radius 2 is 2.30 bits per heavy atom. The number of hydrogen-bond acceptors (Lipinski definition) is 4. The molecule has 2 heterocycles. The molecule has 2 rings (SSSR count). The second-order valence-electron chi connectivity index (χ2n) is 5.83. The van der Waals surface area contributed by atoms with Crippen molar-refractivity contribution in [2.45, 2.75) is 58.0 Å². The molecule has 1 fully saturated rings. The summed E-state index contributed by atoms with van der Waals surface area (Å²) < 4.78 is 2.10. The maximum absolute atomic E-state index is 12.2. The van der Waals surface area contributed by atoms with Crippen molar-refractivity contribution >= 4 is 5.91 Å². The van der Waals surface area contributed by atoms with Crippen molar-refractivity contribution in [2.24, 2.45) is 5.73 Å². The van der Waals surface area contributed by atoms with Gasteiger partial charge in [-0.05, 0) is 33.1 Å². The monoisotopic (exact) mass is 279 g/mol. The van der Waals surface area contributed by atoms with Gasteiger partial charge < -0.3 is 15.2 Å². The SMILES string of the molecule is CC[C@@H](N)C(=O)N1CCC[C@H](c2nncn2C(C)C)C1. The highest BCUT2D eigenvalue weighted by Gasteiger charge is 2.29.